The zero-order chi connectivity index (χ0) is 19.4. The maximum Gasteiger partial charge on any atom is 0.323 e. The van der Waals surface area contributed by atoms with E-state index in [2.05, 4.69) is 10.6 Å². The van der Waals surface area contributed by atoms with Gasteiger partial charge in [-0.1, -0.05) is 13.0 Å². The Balaban J connectivity index is 1.72. The molecule has 1 aliphatic rings. The van der Waals surface area contributed by atoms with Gasteiger partial charge in [0.2, 0.25) is 10.0 Å². The van der Waals surface area contributed by atoms with Gasteiger partial charge in [0.1, 0.15) is 5.75 Å². The first-order valence-corrected chi connectivity index (χ1v) is 10.4. The van der Waals surface area contributed by atoms with Crippen molar-refractivity contribution in [2.24, 2.45) is 0 Å². The molecule has 1 aliphatic heterocycles. The minimum atomic E-state index is -3.33. The molecular formula is C19H23N3O4S. The van der Waals surface area contributed by atoms with E-state index in [4.69, 9.17) is 4.74 Å². The van der Waals surface area contributed by atoms with Crippen molar-refractivity contribution in [2.45, 2.75) is 19.8 Å². The van der Waals surface area contributed by atoms with E-state index in [1.165, 1.54) is 4.31 Å². The number of sulfonamides is 1. The third-order valence-electron chi connectivity index (χ3n) is 4.34. The molecule has 0 unspecified atom stereocenters. The minimum Gasteiger partial charge on any atom is -0.497 e. The molecule has 2 aromatic rings. The number of rotatable bonds is 6. The monoisotopic (exact) mass is 389 g/mol. The Kier molecular flexibility index (Phi) is 5.55. The normalized spacial score (nSPS) is 13.2. The van der Waals surface area contributed by atoms with Crippen molar-refractivity contribution in [3.05, 3.63) is 48.0 Å². The Hall–Kier alpha value is -2.74. The molecule has 0 aliphatic carbocycles. The molecule has 1 heterocycles. The van der Waals surface area contributed by atoms with Gasteiger partial charge in [-0.25, -0.2) is 13.2 Å². The van der Waals surface area contributed by atoms with Crippen molar-refractivity contribution in [3.8, 4) is 5.75 Å². The van der Waals surface area contributed by atoms with Crippen LogP contribution in [0.1, 0.15) is 18.9 Å². The molecule has 7 nitrogen and oxygen atoms in total. The molecule has 0 saturated carbocycles. The molecule has 144 valence electrons. The summed E-state index contributed by atoms with van der Waals surface area (Å²) in [6.45, 7) is 2.29. The van der Waals surface area contributed by atoms with Crippen molar-refractivity contribution in [1.29, 1.82) is 0 Å². The van der Waals surface area contributed by atoms with E-state index in [1.807, 2.05) is 13.0 Å². The lowest BCUT2D eigenvalue weighted by Crippen LogP contribution is -2.31. The van der Waals surface area contributed by atoms with Gasteiger partial charge in [-0.2, -0.15) is 0 Å². The van der Waals surface area contributed by atoms with E-state index in [9.17, 15) is 13.2 Å². The van der Waals surface area contributed by atoms with Crippen LogP contribution in [0.15, 0.2) is 42.5 Å². The highest BCUT2D eigenvalue weighted by Gasteiger charge is 2.28. The van der Waals surface area contributed by atoms with Gasteiger partial charge >= 0.3 is 6.03 Å². The summed E-state index contributed by atoms with van der Waals surface area (Å²) in [6.07, 6.45) is 1.24. The standard InChI is InChI=1S/C19H23N3O4S/c1-3-12-27(24,25)22-11-10-14-4-5-16(13-18(14)22)21-19(23)20-15-6-8-17(26-2)9-7-15/h4-9,13H,3,10-12H2,1-2H3,(H2,20,21,23). The fraction of sp³-hybridized carbons (Fsp3) is 0.316. The Bertz CT molecular complexity index is 926. The smallest absolute Gasteiger partial charge is 0.323 e. The largest absolute Gasteiger partial charge is 0.497 e. The Morgan fingerprint density at radius 2 is 1.78 bits per heavy atom. The average molecular weight is 389 g/mol. The molecule has 0 fully saturated rings. The van der Waals surface area contributed by atoms with Gasteiger partial charge in [0.15, 0.2) is 0 Å². The molecule has 27 heavy (non-hydrogen) atoms. The van der Waals surface area contributed by atoms with Crippen LogP contribution in [-0.4, -0.2) is 33.9 Å². The molecule has 0 saturated heterocycles. The van der Waals surface area contributed by atoms with Gasteiger partial charge in [0.25, 0.3) is 0 Å². The van der Waals surface area contributed by atoms with Crippen LogP contribution in [0.25, 0.3) is 0 Å². The fourth-order valence-electron chi connectivity index (χ4n) is 3.05. The zero-order valence-corrected chi connectivity index (χ0v) is 16.2. The Labute approximate surface area is 159 Å². The van der Waals surface area contributed by atoms with Gasteiger partial charge in [-0.05, 0) is 54.8 Å². The topological polar surface area (TPSA) is 87.7 Å². The van der Waals surface area contributed by atoms with Gasteiger partial charge in [0.05, 0.1) is 18.6 Å². The third kappa shape index (κ3) is 4.33. The third-order valence-corrected chi connectivity index (χ3v) is 6.32. The molecule has 0 spiro atoms. The number of hydrogen-bond donors (Lipinski definition) is 2. The van der Waals surface area contributed by atoms with E-state index in [0.717, 1.165) is 5.56 Å². The predicted molar refractivity (Wildman–Crippen MR) is 107 cm³/mol. The molecule has 3 rings (SSSR count). The number of hydrogen-bond acceptors (Lipinski definition) is 4. The Morgan fingerprint density at radius 3 is 2.44 bits per heavy atom. The van der Waals surface area contributed by atoms with Crippen molar-refractivity contribution in [3.63, 3.8) is 0 Å². The van der Waals surface area contributed by atoms with Gasteiger partial charge in [-0.15, -0.1) is 0 Å². The summed E-state index contributed by atoms with van der Waals surface area (Å²) in [4.78, 5) is 12.2. The van der Waals surface area contributed by atoms with Crippen LogP contribution in [0, 0.1) is 0 Å². The highest BCUT2D eigenvalue weighted by Crippen LogP contribution is 2.33. The lowest BCUT2D eigenvalue weighted by atomic mass is 10.1. The predicted octanol–water partition coefficient (Wildman–Crippen LogP) is 3.44. The zero-order valence-electron chi connectivity index (χ0n) is 15.4. The van der Waals surface area contributed by atoms with Crippen LogP contribution in [0.4, 0.5) is 21.9 Å². The molecule has 0 radical (unpaired) electrons. The van der Waals surface area contributed by atoms with E-state index >= 15 is 0 Å². The van der Waals surface area contributed by atoms with Crippen molar-refractivity contribution in [1.82, 2.24) is 0 Å². The molecule has 2 amide bonds. The number of methoxy groups -OCH3 is 1. The summed E-state index contributed by atoms with van der Waals surface area (Å²) >= 11 is 0. The number of fused-ring (bicyclic) bond motifs is 1. The highest BCUT2D eigenvalue weighted by molar-refractivity contribution is 7.92. The summed E-state index contributed by atoms with van der Waals surface area (Å²) in [7, 11) is -1.75. The van der Waals surface area contributed by atoms with E-state index in [0.29, 0.717) is 42.2 Å². The maximum atomic E-state index is 12.4. The quantitative estimate of drug-likeness (QED) is 0.792. The molecule has 2 N–H and O–H groups in total. The van der Waals surface area contributed by atoms with Crippen LogP contribution in [0.3, 0.4) is 0 Å². The highest BCUT2D eigenvalue weighted by atomic mass is 32.2. The number of nitrogens with one attached hydrogen (secondary N) is 2. The summed E-state index contributed by atoms with van der Waals surface area (Å²) in [5, 5.41) is 5.48. The second-order valence-electron chi connectivity index (χ2n) is 6.29. The van der Waals surface area contributed by atoms with E-state index in [1.54, 1.807) is 43.5 Å². The first-order chi connectivity index (χ1) is 12.9. The maximum absolute atomic E-state index is 12.4. The minimum absolute atomic E-state index is 0.113. The fourth-order valence-corrected chi connectivity index (χ4v) is 4.63. The number of nitrogens with zero attached hydrogens (tertiary/aromatic N) is 1. The molecule has 0 atom stereocenters. The average Bonchev–Trinajstić information content (AvgIpc) is 3.06. The van der Waals surface area contributed by atoms with Gasteiger partial charge < -0.3 is 15.4 Å². The lowest BCUT2D eigenvalue weighted by molar-refractivity contribution is 0.262. The number of ether oxygens (including phenoxy) is 1. The molecule has 0 aromatic heterocycles. The second kappa shape index (κ2) is 7.87. The van der Waals surface area contributed by atoms with Crippen LogP contribution < -0.4 is 19.7 Å². The summed E-state index contributed by atoms with van der Waals surface area (Å²) in [5.41, 5.74) is 2.78. The van der Waals surface area contributed by atoms with Crippen LogP contribution in [0.2, 0.25) is 0 Å². The van der Waals surface area contributed by atoms with E-state index < -0.39 is 16.1 Å². The Morgan fingerprint density at radius 1 is 1.11 bits per heavy atom. The molecule has 2 aromatic carbocycles. The number of amides is 2. The van der Waals surface area contributed by atoms with Gasteiger partial charge in [-0.3, -0.25) is 4.31 Å². The summed E-state index contributed by atoms with van der Waals surface area (Å²) in [6, 6.07) is 11.9. The first kappa shape index (κ1) is 19.0. The number of urea groups is 1. The number of carbonyl (C=O) groups excluding carboxylic acids is 1. The second-order valence-corrected chi connectivity index (χ2v) is 8.30. The van der Waals surface area contributed by atoms with Crippen molar-refractivity contribution < 1.29 is 17.9 Å². The molecule has 0 bridgehead atoms. The summed E-state index contributed by atoms with van der Waals surface area (Å²) in [5.74, 6) is 0.815. The van der Waals surface area contributed by atoms with E-state index in [-0.39, 0.29) is 5.75 Å². The number of anilines is 3. The van der Waals surface area contributed by atoms with Crippen molar-refractivity contribution >= 4 is 33.1 Å². The SMILES string of the molecule is CCCS(=O)(=O)N1CCc2ccc(NC(=O)Nc3ccc(OC)cc3)cc21. The van der Waals surface area contributed by atoms with Crippen molar-refractivity contribution in [2.75, 3.05) is 34.3 Å². The molecular weight excluding hydrogens is 366 g/mol. The number of carbonyl (C=O) groups is 1. The van der Waals surface area contributed by atoms with Crippen LogP contribution in [-0.2, 0) is 16.4 Å². The lowest BCUT2D eigenvalue weighted by Gasteiger charge is -2.19. The van der Waals surface area contributed by atoms with Crippen LogP contribution >= 0.6 is 0 Å². The molecule has 8 heteroatoms. The van der Waals surface area contributed by atoms with Crippen LogP contribution in [0.5, 0.6) is 5.75 Å². The summed E-state index contributed by atoms with van der Waals surface area (Å²) < 4.78 is 31.4. The first-order valence-electron chi connectivity index (χ1n) is 8.78. The van der Waals surface area contributed by atoms with Gasteiger partial charge in [0, 0.05) is 17.9 Å². The number of benzene rings is 2.